The summed E-state index contributed by atoms with van der Waals surface area (Å²) in [5.74, 6) is 0.880. The fraction of sp³-hybridized carbons (Fsp3) is 0.304. The third-order valence-corrected chi connectivity index (χ3v) is 6.15. The Hall–Kier alpha value is -2.53. The van der Waals surface area contributed by atoms with E-state index in [1.807, 2.05) is 65.6 Å². The quantitative estimate of drug-likeness (QED) is 0.633. The van der Waals surface area contributed by atoms with Crippen LogP contribution in [0.2, 0.25) is 0 Å². The van der Waals surface area contributed by atoms with Crippen LogP contribution in [0.1, 0.15) is 37.7 Å². The molecule has 1 aliphatic heterocycles. The first-order valence-corrected chi connectivity index (χ1v) is 10.6. The number of amidine groups is 1. The molecule has 2 aromatic rings. The molecule has 0 unspecified atom stereocenters. The molecule has 1 saturated carbocycles. The van der Waals surface area contributed by atoms with E-state index in [2.05, 4.69) is 0 Å². The molecule has 0 atom stereocenters. The number of hydrogen-bond donors (Lipinski definition) is 0. The summed E-state index contributed by atoms with van der Waals surface area (Å²) in [6.45, 7) is 0. The zero-order valence-corrected chi connectivity index (χ0v) is 16.8. The third kappa shape index (κ3) is 4.14. The first-order chi connectivity index (χ1) is 13.7. The summed E-state index contributed by atoms with van der Waals surface area (Å²) in [6, 6.07) is 17.9. The van der Waals surface area contributed by atoms with E-state index in [-0.39, 0.29) is 11.9 Å². The minimum atomic E-state index is 0.0717. The van der Waals surface area contributed by atoms with Crippen molar-refractivity contribution < 1.29 is 9.53 Å². The van der Waals surface area contributed by atoms with Crippen molar-refractivity contribution in [1.82, 2.24) is 4.90 Å². The van der Waals surface area contributed by atoms with E-state index in [4.69, 9.17) is 9.73 Å². The van der Waals surface area contributed by atoms with E-state index in [1.54, 1.807) is 7.11 Å². The maximum absolute atomic E-state index is 13.3. The largest absolute Gasteiger partial charge is 0.497 e. The number of para-hydroxylation sites is 1. The second-order valence-electron chi connectivity index (χ2n) is 7.08. The summed E-state index contributed by atoms with van der Waals surface area (Å²) in [6.07, 6.45) is 7.66. The van der Waals surface area contributed by atoms with Crippen LogP contribution in [0, 0.1) is 0 Å². The Morgan fingerprint density at radius 2 is 1.75 bits per heavy atom. The molecule has 28 heavy (non-hydrogen) atoms. The van der Waals surface area contributed by atoms with E-state index < -0.39 is 0 Å². The summed E-state index contributed by atoms with van der Waals surface area (Å²) in [5.41, 5.74) is 1.87. The molecule has 1 saturated heterocycles. The van der Waals surface area contributed by atoms with Crippen molar-refractivity contribution in [1.29, 1.82) is 0 Å². The van der Waals surface area contributed by atoms with Gasteiger partial charge in [-0.05, 0) is 60.5 Å². The number of aliphatic imine (C=N–C) groups is 1. The highest BCUT2D eigenvalue weighted by atomic mass is 32.2. The number of hydrogen-bond acceptors (Lipinski definition) is 4. The molecule has 0 bridgehead atoms. The lowest BCUT2D eigenvalue weighted by Crippen LogP contribution is -2.40. The molecule has 1 amide bonds. The van der Waals surface area contributed by atoms with Gasteiger partial charge in [-0.15, -0.1) is 0 Å². The standard InChI is InChI=1S/C23H24N2O2S/c1-27-20-14-12-17(13-15-20)16-21-22(26)25(19-10-6-3-7-11-19)23(28-21)24-18-8-4-2-5-9-18/h2,4-5,8-9,12-16,19H,3,6-7,10-11H2,1H3/b21-16-,24-23?. The van der Waals surface area contributed by atoms with Gasteiger partial charge in [0.1, 0.15) is 5.75 Å². The van der Waals surface area contributed by atoms with E-state index in [9.17, 15) is 4.79 Å². The molecule has 0 N–H and O–H groups in total. The lowest BCUT2D eigenvalue weighted by atomic mass is 9.94. The van der Waals surface area contributed by atoms with Crippen LogP contribution in [0.15, 0.2) is 64.5 Å². The van der Waals surface area contributed by atoms with Gasteiger partial charge < -0.3 is 4.74 Å². The first kappa shape index (κ1) is 18.8. The Morgan fingerprint density at radius 1 is 1.04 bits per heavy atom. The van der Waals surface area contributed by atoms with Crippen molar-refractivity contribution in [2.24, 2.45) is 4.99 Å². The van der Waals surface area contributed by atoms with Gasteiger partial charge in [-0.25, -0.2) is 4.99 Å². The summed E-state index contributed by atoms with van der Waals surface area (Å²) in [5, 5.41) is 0.794. The monoisotopic (exact) mass is 392 g/mol. The average Bonchev–Trinajstić information content (AvgIpc) is 3.04. The molecule has 2 aliphatic rings. The number of carbonyl (C=O) groups excluding carboxylic acids is 1. The lowest BCUT2D eigenvalue weighted by Gasteiger charge is -2.30. The Morgan fingerprint density at radius 3 is 2.43 bits per heavy atom. The van der Waals surface area contributed by atoms with Crippen molar-refractivity contribution in [3.8, 4) is 5.75 Å². The van der Waals surface area contributed by atoms with Gasteiger partial charge in [-0.2, -0.15) is 0 Å². The van der Waals surface area contributed by atoms with E-state index in [0.717, 1.165) is 39.9 Å². The summed E-state index contributed by atoms with van der Waals surface area (Å²) < 4.78 is 5.22. The normalized spacial score (nSPS) is 20.9. The summed E-state index contributed by atoms with van der Waals surface area (Å²) in [4.78, 5) is 20.7. The molecular formula is C23H24N2O2S. The predicted molar refractivity (Wildman–Crippen MR) is 116 cm³/mol. The Kier molecular flexibility index (Phi) is 5.81. The van der Waals surface area contributed by atoms with Crippen molar-refractivity contribution in [3.05, 3.63) is 65.1 Å². The van der Waals surface area contributed by atoms with Gasteiger partial charge in [0.2, 0.25) is 0 Å². The van der Waals surface area contributed by atoms with Crippen LogP contribution >= 0.6 is 11.8 Å². The van der Waals surface area contributed by atoms with Gasteiger partial charge in [0.15, 0.2) is 5.17 Å². The highest BCUT2D eigenvalue weighted by Gasteiger charge is 2.38. The predicted octanol–water partition coefficient (Wildman–Crippen LogP) is 5.63. The third-order valence-electron chi connectivity index (χ3n) is 5.17. The van der Waals surface area contributed by atoms with Crippen molar-refractivity contribution in [2.45, 2.75) is 38.1 Å². The van der Waals surface area contributed by atoms with E-state index in [1.165, 1.54) is 31.0 Å². The second kappa shape index (κ2) is 8.65. The van der Waals surface area contributed by atoms with Gasteiger partial charge >= 0.3 is 0 Å². The zero-order valence-electron chi connectivity index (χ0n) is 16.0. The maximum atomic E-state index is 13.3. The fourth-order valence-electron chi connectivity index (χ4n) is 3.69. The number of nitrogens with zero attached hydrogens (tertiary/aromatic N) is 2. The number of rotatable bonds is 4. The summed E-state index contributed by atoms with van der Waals surface area (Å²) in [7, 11) is 1.65. The van der Waals surface area contributed by atoms with Crippen LogP contribution in [-0.4, -0.2) is 29.1 Å². The highest BCUT2D eigenvalue weighted by Crippen LogP contribution is 2.38. The number of ether oxygens (including phenoxy) is 1. The number of methoxy groups -OCH3 is 1. The van der Waals surface area contributed by atoms with E-state index in [0.29, 0.717) is 0 Å². The van der Waals surface area contributed by atoms with Crippen LogP contribution in [0.5, 0.6) is 5.75 Å². The Bertz CT molecular complexity index is 885. The van der Waals surface area contributed by atoms with Gasteiger partial charge in [0.05, 0.1) is 17.7 Å². The van der Waals surface area contributed by atoms with Gasteiger partial charge in [-0.1, -0.05) is 49.6 Å². The molecule has 2 fully saturated rings. The molecule has 2 aromatic carbocycles. The number of benzene rings is 2. The highest BCUT2D eigenvalue weighted by molar-refractivity contribution is 8.18. The molecule has 4 nitrogen and oxygen atoms in total. The number of thioether (sulfide) groups is 1. The number of amides is 1. The fourth-order valence-corrected chi connectivity index (χ4v) is 4.75. The van der Waals surface area contributed by atoms with Crippen LogP contribution in [-0.2, 0) is 4.79 Å². The Balaban J connectivity index is 1.66. The van der Waals surface area contributed by atoms with Crippen molar-refractivity contribution in [2.75, 3.05) is 7.11 Å². The van der Waals surface area contributed by atoms with Crippen molar-refractivity contribution >= 4 is 34.6 Å². The van der Waals surface area contributed by atoms with Crippen LogP contribution in [0.25, 0.3) is 6.08 Å². The smallest absolute Gasteiger partial charge is 0.267 e. The molecule has 0 spiro atoms. The van der Waals surface area contributed by atoms with Crippen molar-refractivity contribution in [3.63, 3.8) is 0 Å². The zero-order chi connectivity index (χ0) is 19.3. The molecule has 1 heterocycles. The minimum absolute atomic E-state index is 0.0717. The lowest BCUT2D eigenvalue weighted by molar-refractivity contribution is -0.124. The second-order valence-corrected chi connectivity index (χ2v) is 8.09. The molecule has 1 aliphatic carbocycles. The molecular weight excluding hydrogens is 368 g/mol. The van der Waals surface area contributed by atoms with Crippen LogP contribution in [0.4, 0.5) is 5.69 Å². The molecule has 5 heteroatoms. The molecule has 4 rings (SSSR count). The minimum Gasteiger partial charge on any atom is -0.497 e. The molecule has 0 radical (unpaired) electrons. The molecule has 0 aromatic heterocycles. The summed E-state index contributed by atoms with van der Waals surface area (Å²) >= 11 is 1.48. The average molecular weight is 393 g/mol. The Labute approximate surface area is 170 Å². The number of carbonyl (C=O) groups is 1. The van der Waals surface area contributed by atoms with Crippen LogP contribution in [0.3, 0.4) is 0 Å². The topological polar surface area (TPSA) is 41.9 Å². The van der Waals surface area contributed by atoms with Gasteiger partial charge in [-0.3, -0.25) is 9.69 Å². The van der Waals surface area contributed by atoms with E-state index >= 15 is 0 Å². The van der Waals surface area contributed by atoms with Gasteiger partial charge in [0, 0.05) is 6.04 Å². The van der Waals surface area contributed by atoms with Gasteiger partial charge in [0.25, 0.3) is 5.91 Å². The SMILES string of the molecule is COc1ccc(/C=C2\SC(=Nc3ccccc3)N(C3CCCCC3)C2=O)cc1. The maximum Gasteiger partial charge on any atom is 0.267 e. The van der Waals surface area contributed by atoms with Crippen LogP contribution < -0.4 is 4.74 Å². The molecule has 144 valence electrons. The first-order valence-electron chi connectivity index (χ1n) is 9.75.